The lowest BCUT2D eigenvalue weighted by atomic mass is 9.95. The van der Waals surface area contributed by atoms with E-state index in [-0.39, 0.29) is 11.9 Å². The highest BCUT2D eigenvalue weighted by Gasteiger charge is 2.32. The van der Waals surface area contributed by atoms with Crippen molar-refractivity contribution in [1.29, 1.82) is 0 Å². The summed E-state index contributed by atoms with van der Waals surface area (Å²) in [5.74, 6) is 0.850. The van der Waals surface area contributed by atoms with E-state index in [1.807, 2.05) is 11.8 Å². The number of hydrogen-bond donors (Lipinski definition) is 1. The van der Waals surface area contributed by atoms with E-state index in [9.17, 15) is 4.39 Å². The maximum Gasteiger partial charge on any atom is 0.129 e. The molecule has 0 spiro atoms. The average molecular weight is 340 g/mol. The Morgan fingerprint density at radius 2 is 2.36 bits per heavy atom. The Labute approximate surface area is 139 Å². The largest absolute Gasteiger partial charge is 0.348 e. The van der Waals surface area contributed by atoms with Crippen molar-refractivity contribution in [3.05, 3.63) is 52.3 Å². The van der Waals surface area contributed by atoms with Gasteiger partial charge >= 0.3 is 0 Å². The number of hydrogen-bond acceptors (Lipinski definition) is 3. The minimum absolute atomic E-state index is 0.130. The van der Waals surface area contributed by atoms with E-state index in [1.165, 1.54) is 6.07 Å². The van der Waals surface area contributed by atoms with Gasteiger partial charge < -0.3 is 4.98 Å². The summed E-state index contributed by atoms with van der Waals surface area (Å²) < 4.78 is 14.4. The molecule has 0 bridgehead atoms. The third-order valence-electron chi connectivity index (χ3n) is 4.08. The Kier molecular flexibility index (Phi) is 5.06. The van der Waals surface area contributed by atoms with Gasteiger partial charge in [-0.25, -0.2) is 9.37 Å². The lowest BCUT2D eigenvalue weighted by molar-refractivity contribution is 0.206. The number of halogens is 2. The van der Waals surface area contributed by atoms with Crippen LogP contribution in [0.3, 0.4) is 0 Å². The summed E-state index contributed by atoms with van der Waals surface area (Å²) in [7, 11) is 0. The first-order valence-corrected chi connectivity index (χ1v) is 9.18. The molecule has 0 aliphatic carbocycles. The van der Waals surface area contributed by atoms with Crippen LogP contribution in [0.15, 0.2) is 24.5 Å². The number of imidazole rings is 1. The molecule has 1 N–H and O–H groups in total. The molecule has 0 amide bonds. The third kappa shape index (κ3) is 3.16. The molecule has 0 radical (unpaired) electrons. The lowest BCUT2D eigenvalue weighted by Gasteiger charge is -2.35. The van der Waals surface area contributed by atoms with Gasteiger partial charge in [0.05, 0.1) is 18.1 Å². The van der Waals surface area contributed by atoms with E-state index in [1.54, 1.807) is 18.5 Å². The number of nitrogens with one attached hydrogen (secondary N) is 1. The monoisotopic (exact) mass is 339 g/mol. The molecule has 1 atom stereocenters. The van der Waals surface area contributed by atoms with Crippen LogP contribution in [0.4, 0.5) is 4.39 Å². The number of aromatic amines is 1. The first kappa shape index (κ1) is 15.8. The molecule has 0 saturated carbocycles. The van der Waals surface area contributed by atoms with Crippen molar-refractivity contribution in [1.82, 2.24) is 14.9 Å². The van der Waals surface area contributed by atoms with Gasteiger partial charge in [-0.3, -0.25) is 4.90 Å². The van der Waals surface area contributed by atoms with Crippen LogP contribution in [0.25, 0.3) is 0 Å². The van der Waals surface area contributed by atoms with Crippen LogP contribution < -0.4 is 0 Å². The fourth-order valence-electron chi connectivity index (χ4n) is 3.05. The van der Waals surface area contributed by atoms with Crippen LogP contribution in [0, 0.1) is 5.82 Å². The molecule has 0 fully saturated rings. The van der Waals surface area contributed by atoms with E-state index in [0.29, 0.717) is 10.6 Å². The van der Waals surface area contributed by atoms with Gasteiger partial charge in [-0.05, 0) is 37.1 Å². The summed E-state index contributed by atoms with van der Waals surface area (Å²) >= 11 is 7.74. The number of aromatic nitrogens is 2. The summed E-state index contributed by atoms with van der Waals surface area (Å²) in [6, 6.07) is 4.79. The first-order chi connectivity index (χ1) is 10.7. The molecule has 3 nitrogen and oxygen atoms in total. The highest BCUT2D eigenvalue weighted by Crippen LogP contribution is 2.35. The number of benzene rings is 1. The zero-order valence-corrected chi connectivity index (χ0v) is 14.1. The Balaban J connectivity index is 1.94. The average Bonchev–Trinajstić information content (AvgIpc) is 2.96. The smallest absolute Gasteiger partial charge is 0.129 e. The minimum atomic E-state index is -0.261. The number of thioether (sulfide) groups is 1. The molecular weight excluding hydrogens is 321 g/mol. The first-order valence-electron chi connectivity index (χ1n) is 7.40. The summed E-state index contributed by atoms with van der Waals surface area (Å²) in [5, 5.41) is 0.424. The molecule has 118 valence electrons. The van der Waals surface area contributed by atoms with Crippen molar-refractivity contribution in [2.45, 2.75) is 18.9 Å². The van der Waals surface area contributed by atoms with Crippen LogP contribution in [-0.4, -0.2) is 40.0 Å². The second kappa shape index (κ2) is 7.02. The number of nitrogens with zero attached hydrogens (tertiary/aromatic N) is 2. The summed E-state index contributed by atoms with van der Waals surface area (Å²) in [6.45, 7) is 1.86. The Morgan fingerprint density at radius 3 is 3.14 bits per heavy atom. The van der Waals surface area contributed by atoms with E-state index < -0.39 is 0 Å². The molecule has 1 aromatic carbocycles. The van der Waals surface area contributed by atoms with Crippen molar-refractivity contribution in [2.75, 3.05) is 25.1 Å². The molecule has 0 saturated heterocycles. The molecule has 1 aromatic heterocycles. The molecular formula is C16H19ClFN3S. The van der Waals surface area contributed by atoms with Crippen LogP contribution in [0.5, 0.6) is 0 Å². The minimum Gasteiger partial charge on any atom is -0.348 e. The van der Waals surface area contributed by atoms with E-state index in [2.05, 4.69) is 21.1 Å². The van der Waals surface area contributed by atoms with Gasteiger partial charge in [0.15, 0.2) is 0 Å². The van der Waals surface area contributed by atoms with Crippen molar-refractivity contribution in [3.63, 3.8) is 0 Å². The molecule has 1 aliphatic heterocycles. The highest BCUT2D eigenvalue weighted by molar-refractivity contribution is 7.98. The number of H-pyrrole nitrogens is 1. The molecule has 3 rings (SSSR count). The number of fused-ring (bicyclic) bond motifs is 1. The molecule has 2 aromatic rings. The summed E-state index contributed by atoms with van der Waals surface area (Å²) in [4.78, 5) is 9.97. The SMILES string of the molecule is CSCCCN1CCc2[nH]cnc2[C@@H]1c1ccc(Cl)cc1F. The standard InChI is InChI=1S/C16H19ClFN3S/c1-22-8-2-6-21-7-5-14-15(20-10-19-14)16(21)12-4-3-11(17)9-13(12)18/h3-4,9-10,16H,2,5-8H2,1H3,(H,19,20)/t16-/m0/s1. The van der Waals surface area contributed by atoms with Crippen LogP contribution in [0.2, 0.25) is 5.02 Å². The van der Waals surface area contributed by atoms with Gasteiger partial charge in [0, 0.05) is 29.2 Å². The second-order valence-electron chi connectivity index (χ2n) is 5.47. The second-order valence-corrected chi connectivity index (χ2v) is 6.89. The highest BCUT2D eigenvalue weighted by atomic mass is 35.5. The van der Waals surface area contributed by atoms with E-state index in [4.69, 9.17) is 11.6 Å². The van der Waals surface area contributed by atoms with Crippen molar-refractivity contribution < 1.29 is 4.39 Å². The lowest BCUT2D eigenvalue weighted by Crippen LogP contribution is -2.37. The van der Waals surface area contributed by atoms with Gasteiger partial charge in [0.2, 0.25) is 0 Å². The molecule has 6 heteroatoms. The zero-order valence-electron chi connectivity index (χ0n) is 12.5. The fourth-order valence-corrected chi connectivity index (χ4v) is 3.62. The van der Waals surface area contributed by atoms with Crippen LogP contribution >= 0.6 is 23.4 Å². The van der Waals surface area contributed by atoms with E-state index >= 15 is 0 Å². The topological polar surface area (TPSA) is 31.9 Å². The van der Waals surface area contributed by atoms with Gasteiger partial charge in [-0.15, -0.1) is 0 Å². The Morgan fingerprint density at radius 1 is 1.50 bits per heavy atom. The molecule has 2 heterocycles. The Bertz CT molecular complexity index is 646. The van der Waals surface area contributed by atoms with Crippen molar-refractivity contribution in [2.24, 2.45) is 0 Å². The van der Waals surface area contributed by atoms with Gasteiger partial charge in [-0.2, -0.15) is 11.8 Å². The maximum absolute atomic E-state index is 14.4. The van der Waals surface area contributed by atoms with Crippen LogP contribution in [-0.2, 0) is 6.42 Å². The normalized spacial score (nSPS) is 18.4. The van der Waals surface area contributed by atoms with E-state index in [0.717, 1.165) is 43.1 Å². The van der Waals surface area contributed by atoms with Crippen molar-refractivity contribution >= 4 is 23.4 Å². The summed E-state index contributed by atoms with van der Waals surface area (Å²) in [5.41, 5.74) is 2.71. The maximum atomic E-state index is 14.4. The summed E-state index contributed by atoms with van der Waals surface area (Å²) in [6.07, 6.45) is 5.84. The zero-order chi connectivity index (χ0) is 15.5. The molecule has 22 heavy (non-hydrogen) atoms. The van der Waals surface area contributed by atoms with Crippen molar-refractivity contribution in [3.8, 4) is 0 Å². The molecule has 0 unspecified atom stereocenters. The van der Waals surface area contributed by atoms with Gasteiger partial charge in [0.1, 0.15) is 5.82 Å². The number of rotatable bonds is 5. The van der Waals surface area contributed by atoms with Gasteiger partial charge in [0.25, 0.3) is 0 Å². The quantitative estimate of drug-likeness (QED) is 0.838. The fraction of sp³-hybridized carbons (Fsp3) is 0.438. The van der Waals surface area contributed by atoms with Gasteiger partial charge in [-0.1, -0.05) is 17.7 Å². The molecule has 1 aliphatic rings. The third-order valence-corrected chi connectivity index (χ3v) is 5.01. The Hall–Kier alpha value is -1.04. The predicted octanol–water partition coefficient (Wildman–Crippen LogP) is 3.90. The van der Waals surface area contributed by atoms with Crippen LogP contribution in [0.1, 0.15) is 29.4 Å². The predicted molar refractivity (Wildman–Crippen MR) is 90.1 cm³/mol.